The van der Waals surface area contributed by atoms with E-state index in [4.69, 9.17) is 11.6 Å². The van der Waals surface area contributed by atoms with Gasteiger partial charge in [-0.2, -0.15) is 0 Å². The van der Waals surface area contributed by atoms with Gasteiger partial charge in [0.05, 0.1) is 11.6 Å². The Balaban J connectivity index is 1.94. The molecule has 0 aromatic heterocycles. The highest BCUT2D eigenvalue weighted by molar-refractivity contribution is 9.10. The van der Waals surface area contributed by atoms with Crippen molar-refractivity contribution in [3.05, 3.63) is 105 Å². The molecule has 1 saturated heterocycles. The number of aliphatic hydroxyl groups excluding tert-OH is 1. The minimum absolute atomic E-state index is 0.0449. The molecule has 0 bridgehead atoms. The van der Waals surface area contributed by atoms with E-state index in [-0.39, 0.29) is 11.3 Å². The number of nitrogens with zero attached hydrogens (tertiary/aromatic N) is 1. The van der Waals surface area contributed by atoms with Crippen molar-refractivity contribution in [1.29, 1.82) is 0 Å². The summed E-state index contributed by atoms with van der Waals surface area (Å²) in [7, 11) is 0. The molecule has 1 aliphatic heterocycles. The van der Waals surface area contributed by atoms with Gasteiger partial charge in [-0.25, -0.2) is 0 Å². The van der Waals surface area contributed by atoms with Crippen LogP contribution in [0.1, 0.15) is 17.2 Å². The van der Waals surface area contributed by atoms with Crippen LogP contribution in [0.4, 0.5) is 5.69 Å². The van der Waals surface area contributed by atoms with Crippen molar-refractivity contribution in [3.63, 3.8) is 0 Å². The predicted molar refractivity (Wildman–Crippen MR) is 117 cm³/mol. The Morgan fingerprint density at radius 2 is 1.52 bits per heavy atom. The van der Waals surface area contributed by atoms with Gasteiger partial charge in [0.2, 0.25) is 0 Å². The number of amides is 1. The Morgan fingerprint density at radius 3 is 2.14 bits per heavy atom. The highest BCUT2D eigenvalue weighted by atomic mass is 79.9. The maximum atomic E-state index is 13.0. The van der Waals surface area contributed by atoms with E-state index in [9.17, 15) is 14.7 Å². The van der Waals surface area contributed by atoms with Gasteiger partial charge in [0.1, 0.15) is 5.76 Å². The average Bonchev–Trinajstić information content (AvgIpc) is 3.00. The summed E-state index contributed by atoms with van der Waals surface area (Å²) in [5, 5.41) is 11.5. The SMILES string of the molecule is O=C1C(=O)N(c2ccccc2)[C@H](c2ccc(Br)cc2)/C1=C(\O)c1ccc(Cl)cc1. The van der Waals surface area contributed by atoms with E-state index in [0.717, 1.165) is 4.47 Å². The second-order valence-electron chi connectivity index (χ2n) is 6.56. The molecule has 29 heavy (non-hydrogen) atoms. The number of aliphatic hydroxyl groups is 1. The molecule has 0 saturated carbocycles. The molecule has 1 N–H and O–H groups in total. The Kier molecular flexibility index (Phi) is 5.26. The van der Waals surface area contributed by atoms with E-state index in [1.807, 2.05) is 30.3 Å². The van der Waals surface area contributed by atoms with Crippen LogP contribution in [0.25, 0.3) is 5.76 Å². The van der Waals surface area contributed by atoms with Crippen molar-refractivity contribution in [2.24, 2.45) is 0 Å². The number of hydrogen-bond donors (Lipinski definition) is 1. The van der Waals surface area contributed by atoms with E-state index >= 15 is 0 Å². The summed E-state index contributed by atoms with van der Waals surface area (Å²) in [5.74, 6) is -1.64. The molecular formula is C23H15BrClNO3. The zero-order valence-electron chi connectivity index (χ0n) is 15.0. The normalized spacial score (nSPS) is 18.3. The van der Waals surface area contributed by atoms with Crippen LogP contribution in [0.2, 0.25) is 5.02 Å². The molecule has 144 valence electrons. The number of rotatable bonds is 3. The van der Waals surface area contributed by atoms with E-state index in [1.54, 1.807) is 48.5 Å². The third-order valence-corrected chi connectivity index (χ3v) is 5.56. The third-order valence-electron chi connectivity index (χ3n) is 4.78. The molecule has 1 fully saturated rings. The first-order valence-electron chi connectivity index (χ1n) is 8.85. The van der Waals surface area contributed by atoms with Crippen LogP contribution in [-0.4, -0.2) is 16.8 Å². The Bertz CT molecular complexity index is 1110. The molecule has 0 spiro atoms. The van der Waals surface area contributed by atoms with Crippen LogP contribution in [0, 0.1) is 0 Å². The summed E-state index contributed by atoms with van der Waals surface area (Å²) in [5.41, 5.74) is 1.76. The number of Topliss-reactive ketones (excluding diaryl/α,β-unsaturated/α-hetero) is 1. The van der Waals surface area contributed by atoms with Gasteiger partial charge in [-0.05, 0) is 54.1 Å². The summed E-state index contributed by atoms with van der Waals surface area (Å²) < 4.78 is 0.871. The van der Waals surface area contributed by atoms with Crippen molar-refractivity contribution in [2.45, 2.75) is 6.04 Å². The fourth-order valence-electron chi connectivity index (χ4n) is 3.41. The van der Waals surface area contributed by atoms with Gasteiger partial charge in [0.15, 0.2) is 0 Å². The summed E-state index contributed by atoms with van der Waals surface area (Å²) in [6.07, 6.45) is 0. The Hall–Kier alpha value is -2.89. The zero-order chi connectivity index (χ0) is 20.5. The smallest absolute Gasteiger partial charge is 0.300 e. The fourth-order valence-corrected chi connectivity index (χ4v) is 3.80. The van der Waals surface area contributed by atoms with Crippen molar-refractivity contribution >= 4 is 50.7 Å². The minimum atomic E-state index is -0.749. The minimum Gasteiger partial charge on any atom is -0.507 e. The number of carbonyl (C=O) groups excluding carboxylic acids is 2. The molecule has 6 heteroatoms. The highest BCUT2D eigenvalue weighted by Crippen LogP contribution is 2.42. The molecule has 1 amide bonds. The van der Waals surface area contributed by atoms with Gasteiger partial charge in [-0.3, -0.25) is 14.5 Å². The molecule has 0 radical (unpaired) electrons. The lowest BCUT2D eigenvalue weighted by Crippen LogP contribution is -2.29. The second kappa shape index (κ2) is 7.85. The fraction of sp³-hybridized carbons (Fsp3) is 0.0435. The molecular weight excluding hydrogens is 454 g/mol. The maximum Gasteiger partial charge on any atom is 0.300 e. The van der Waals surface area contributed by atoms with Crippen molar-refractivity contribution in [3.8, 4) is 0 Å². The van der Waals surface area contributed by atoms with Gasteiger partial charge in [-0.1, -0.05) is 57.9 Å². The number of para-hydroxylation sites is 1. The monoisotopic (exact) mass is 467 g/mol. The van der Waals surface area contributed by atoms with Crippen LogP contribution >= 0.6 is 27.5 Å². The molecule has 1 atom stereocenters. The summed E-state index contributed by atoms with van der Waals surface area (Å²) in [4.78, 5) is 27.4. The third kappa shape index (κ3) is 3.59. The lowest BCUT2D eigenvalue weighted by Gasteiger charge is -2.25. The lowest BCUT2D eigenvalue weighted by atomic mass is 9.95. The van der Waals surface area contributed by atoms with E-state index < -0.39 is 17.7 Å². The Labute approximate surface area is 181 Å². The standard InChI is InChI=1S/C23H15BrClNO3/c24-16-10-6-14(7-11-16)20-19(21(27)15-8-12-17(25)13-9-15)22(28)23(29)26(20)18-4-2-1-3-5-18/h1-13,20,27H/b21-19+/t20-/m1/s1. The number of hydrogen-bond acceptors (Lipinski definition) is 3. The van der Waals surface area contributed by atoms with E-state index in [2.05, 4.69) is 15.9 Å². The molecule has 4 nitrogen and oxygen atoms in total. The summed E-state index contributed by atoms with van der Waals surface area (Å²) in [6, 6.07) is 22.0. The van der Waals surface area contributed by atoms with Gasteiger partial charge >= 0.3 is 0 Å². The quantitative estimate of drug-likeness (QED) is 0.303. The van der Waals surface area contributed by atoms with Gasteiger partial charge in [0.25, 0.3) is 11.7 Å². The highest BCUT2D eigenvalue weighted by Gasteiger charge is 2.46. The van der Waals surface area contributed by atoms with E-state index in [0.29, 0.717) is 21.8 Å². The van der Waals surface area contributed by atoms with Gasteiger partial charge in [0, 0.05) is 20.7 Å². The summed E-state index contributed by atoms with van der Waals surface area (Å²) in [6.45, 7) is 0. The average molecular weight is 469 g/mol. The van der Waals surface area contributed by atoms with Crippen molar-refractivity contribution < 1.29 is 14.7 Å². The summed E-state index contributed by atoms with van der Waals surface area (Å²) >= 11 is 9.34. The number of halogens is 2. The molecule has 0 aliphatic carbocycles. The lowest BCUT2D eigenvalue weighted by molar-refractivity contribution is -0.132. The largest absolute Gasteiger partial charge is 0.507 e. The van der Waals surface area contributed by atoms with Crippen LogP contribution in [0.3, 0.4) is 0 Å². The first kappa shape index (κ1) is 19.4. The number of carbonyl (C=O) groups is 2. The van der Waals surface area contributed by atoms with Gasteiger partial charge < -0.3 is 5.11 Å². The van der Waals surface area contributed by atoms with Crippen molar-refractivity contribution in [1.82, 2.24) is 0 Å². The van der Waals surface area contributed by atoms with Crippen LogP contribution in [0.15, 0.2) is 88.9 Å². The van der Waals surface area contributed by atoms with Crippen LogP contribution in [0.5, 0.6) is 0 Å². The zero-order valence-corrected chi connectivity index (χ0v) is 17.4. The first-order valence-corrected chi connectivity index (χ1v) is 10.0. The molecule has 0 unspecified atom stereocenters. The number of benzene rings is 3. The number of ketones is 1. The second-order valence-corrected chi connectivity index (χ2v) is 7.92. The molecule has 3 aromatic carbocycles. The molecule has 1 heterocycles. The molecule has 3 aromatic rings. The van der Waals surface area contributed by atoms with Gasteiger partial charge in [-0.15, -0.1) is 0 Å². The predicted octanol–water partition coefficient (Wildman–Crippen LogP) is 5.73. The maximum absolute atomic E-state index is 13.0. The van der Waals surface area contributed by atoms with Crippen molar-refractivity contribution in [2.75, 3.05) is 4.90 Å². The van der Waals surface area contributed by atoms with Crippen LogP contribution in [-0.2, 0) is 9.59 Å². The first-order chi connectivity index (χ1) is 14.0. The van der Waals surface area contributed by atoms with E-state index in [1.165, 1.54) is 4.90 Å². The number of anilines is 1. The topological polar surface area (TPSA) is 57.6 Å². The molecule has 1 aliphatic rings. The Morgan fingerprint density at radius 1 is 0.897 bits per heavy atom. The molecule has 4 rings (SSSR count). The van der Waals surface area contributed by atoms with Crippen LogP contribution < -0.4 is 4.90 Å².